The summed E-state index contributed by atoms with van der Waals surface area (Å²) in [5.74, 6) is -0.478. The Morgan fingerprint density at radius 2 is 1.57 bits per heavy atom. The molecule has 0 saturated carbocycles. The van der Waals surface area contributed by atoms with Crippen LogP contribution in [0, 0.1) is 11.6 Å². The van der Waals surface area contributed by atoms with Gasteiger partial charge in [-0.3, -0.25) is 0 Å². The zero-order valence-corrected chi connectivity index (χ0v) is 20.0. The van der Waals surface area contributed by atoms with Gasteiger partial charge >= 0.3 is 5.63 Å². The Hall–Kier alpha value is -4.15. The lowest BCUT2D eigenvalue weighted by Gasteiger charge is -2.13. The molecule has 1 N–H and O–H groups in total. The molecule has 0 fully saturated rings. The van der Waals surface area contributed by atoms with Crippen LogP contribution in [0.5, 0.6) is 5.75 Å². The highest BCUT2D eigenvalue weighted by Crippen LogP contribution is 2.32. The van der Waals surface area contributed by atoms with Crippen molar-refractivity contribution in [1.29, 1.82) is 0 Å². The Kier molecular flexibility index (Phi) is 7.20. The van der Waals surface area contributed by atoms with Crippen molar-refractivity contribution in [2.24, 2.45) is 0 Å². The van der Waals surface area contributed by atoms with Gasteiger partial charge in [-0.05, 0) is 42.5 Å². The van der Waals surface area contributed by atoms with Crippen molar-refractivity contribution in [2.45, 2.75) is 11.3 Å². The average molecular weight is 520 g/mol. The molecule has 0 saturated heterocycles. The van der Waals surface area contributed by atoms with Gasteiger partial charge in [0.2, 0.25) is 5.16 Å². The minimum Gasteiger partial charge on any atom is -0.491 e. The number of hydrogen-bond acceptors (Lipinski definition) is 8. The van der Waals surface area contributed by atoms with E-state index in [1.54, 1.807) is 48.5 Å². The van der Waals surface area contributed by atoms with E-state index in [1.807, 2.05) is 0 Å². The lowest BCUT2D eigenvalue weighted by atomic mass is 10.0. The number of aliphatic hydroxyl groups is 1. The minimum absolute atomic E-state index is 0.0452. The monoisotopic (exact) mass is 519 g/mol. The highest BCUT2D eigenvalue weighted by molar-refractivity contribution is 7.99. The van der Waals surface area contributed by atoms with Gasteiger partial charge in [-0.2, -0.15) is 0 Å². The number of hydrogen-bond donors (Lipinski definition) is 1. The number of ether oxygens (including phenoxy) is 1. The second-order valence-corrected chi connectivity index (χ2v) is 8.97. The van der Waals surface area contributed by atoms with Crippen molar-refractivity contribution in [3.63, 3.8) is 0 Å². The van der Waals surface area contributed by atoms with E-state index in [4.69, 9.17) is 9.15 Å². The van der Waals surface area contributed by atoms with Crippen LogP contribution in [0.15, 0.2) is 93.2 Å². The van der Waals surface area contributed by atoms with Gasteiger partial charge in [0.25, 0.3) is 0 Å². The number of halogens is 2. The largest absolute Gasteiger partial charge is 0.491 e. The molecule has 5 aromatic rings. The van der Waals surface area contributed by atoms with Crippen LogP contribution in [-0.2, 0) is 0 Å². The smallest absolute Gasteiger partial charge is 0.336 e. The van der Waals surface area contributed by atoms with Crippen molar-refractivity contribution in [1.82, 2.24) is 15.2 Å². The summed E-state index contributed by atoms with van der Waals surface area (Å²) in [4.78, 5) is 15.9. The molecule has 7 nitrogen and oxygen atoms in total. The van der Waals surface area contributed by atoms with Gasteiger partial charge in [0, 0.05) is 34.4 Å². The molecular formula is C27H19F2N3O4S. The van der Waals surface area contributed by atoms with Gasteiger partial charge in [0.05, 0.1) is 6.10 Å². The van der Waals surface area contributed by atoms with Crippen molar-refractivity contribution < 1.29 is 23.0 Å². The first-order chi connectivity index (χ1) is 18.0. The van der Waals surface area contributed by atoms with E-state index in [1.165, 1.54) is 30.3 Å². The van der Waals surface area contributed by atoms with Crippen LogP contribution in [0.2, 0.25) is 0 Å². The van der Waals surface area contributed by atoms with E-state index in [-0.39, 0.29) is 40.0 Å². The number of aromatic nitrogens is 3. The Balaban J connectivity index is 1.32. The zero-order valence-electron chi connectivity index (χ0n) is 19.2. The van der Waals surface area contributed by atoms with Crippen LogP contribution in [0.25, 0.3) is 33.5 Å². The standard InChI is InChI=1S/C27H19F2N3O4S/c28-21-7-3-1-5-19(21)25-26(20-6-2-4-8-22(20)29)31-32-27(30-25)37-15-17(33)14-35-18-11-9-16-10-12-24(34)36-23(16)13-18/h1-13,17,33H,14-15H2. The lowest BCUT2D eigenvalue weighted by molar-refractivity contribution is 0.126. The summed E-state index contributed by atoms with van der Waals surface area (Å²) >= 11 is 1.10. The molecule has 10 heteroatoms. The van der Waals surface area contributed by atoms with Crippen LogP contribution in [0.4, 0.5) is 8.78 Å². The van der Waals surface area contributed by atoms with Crippen molar-refractivity contribution >= 4 is 22.7 Å². The van der Waals surface area contributed by atoms with Crippen molar-refractivity contribution in [3.05, 3.63) is 101 Å². The van der Waals surface area contributed by atoms with E-state index in [9.17, 15) is 18.7 Å². The van der Waals surface area contributed by atoms with Crippen molar-refractivity contribution in [3.8, 4) is 28.3 Å². The third-order valence-corrected chi connectivity index (χ3v) is 6.35. The zero-order chi connectivity index (χ0) is 25.8. The van der Waals surface area contributed by atoms with E-state index in [2.05, 4.69) is 15.2 Å². The maximum absolute atomic E-state index is 14.6. The van der Waals surface area contributed by atoms with E-state index < -0.39 is 23.4 Å². The molecule has 2 heterocycles. The van der Waals surface area contributed by atoms with Gasteiger partial charge in [-0.15, -0.1) is 10.2 Å². The molecule has 0 amide bonds. The molecule has 0 radical (unpaired) electrons. The number of rotatable bonds is 8. The van der Waals surface area contributed by atoms with Crippen molar-refractivity contribution in [2.75, 3.05) is 12.4 Å². The highest BCUT2D eigenvalue weighted by atomic mass is 32.2. The van der Waals surface area contributed by atoms with Gasteiger partial charge in [0.15, 0.2) is 0 Å². The molecule has 2 aromatic heterocycles. The summed E-state index contributed by atoms with van der Waals surface area (Å²) in [5.41, 5.74) is 0.471. The second-order valence-electron chi connectivity index (χ2n) is 7.98. The SMILES string of the molecule is O=c1ccc2ccc(OCC(O)CSc3nnc(-c4ccccc4F)c(-c4ccccc4F)n3)cc2o1. The summed E-state index contributed by atoms with van der Waals surface area (Å²) in [6.07, 6.45) is -0.907. The number of aliphatic hydroxyl groups excluding tert-OH is 1. The van der Waals surface area contributed by atoms with Crippen LogP contribution >= 0.6 is 11.8 Å². The van der Waals surface area contributed by atoms with E-state index in [0.29, 0.717) is 11.3 Å². The summed E-state index contributed by atoms with van der Waals surface area (Å²) in [5, 5.41) is 19.6. The molecule has 0 aliphatic carbocycles. The molecule has 186 valence electrons. The number of nitrogens with zero attached hydrogens (tertiary/aromatic N) is 3. The first kappa shape index (κ1) is 24.5. The van der Waals surface area contributed by atoms with Gasteiger partial charge in [0.1, 0.15) is 41.0 Å². The average Bonchev–Trinajstić information content (AvgIpc) is 2.91. The Morgan fingerprint density at radius 1 is 0.892 bits per heavy atom. The minimum atomic E-state index is -0.907. The quantitative estimate of drug-likeness (QED) is 0.223. The molecule has 1 atom stereocenters. The van der Waals surface area contributed by atoms with Crippen LogP contribution < -0.4 is 10.4 Å². The van der Waals surface area contributed by atoms with Crippen LogP contribution in [0.1, 0.15) is 0 Å². The predicted octanol–water partition coefficient (Wildman–Crippen LogP) is 5.12. The molecule has 3 aromatic carbocycles. The second kappa shape index (κ2) is 10.9. The first-order valence-electron chi connectivity index (χ1n) is 11.2. The first-order valence-corrected chi connectivity index (χ1v) is 12.2. The Labute approximate surface area is 213 Å². The summed E-state index contributed by atoms with van der Waals surface area (Å²) in [7, 11) is 0. The van der Waals surface area contributed by atoms with Gasteiger partial charge in [-0.1, -0.05) is 36.0 Å². The van der Waals surface area contributed by atoms with E-state index in [0.717, 1.165) is 17.1 Å². The summed E-state index contributed by atoms with van der Waals surface area (Å²) in [6, 6.07) is 20.0. The lowest BCUT2D eigenvalue weighted by Crippen LogP contribution is -2.20. The van der Waals surface area contributed by atoms with E-state index >= 15 is 0 Å². The fraction of sp³-hybridized carbons (Fsp3) is 0.111. The third-order valence-electron chi connectivity index (χ3n) is 5.37. The highest BCUT2D eigenvalue weighted by Gasteiger charge is 2.19. The topological polar surface area (TPSA) is 98.3 Å². The molecular weight excluding hydrogens is 500 g/mol. The van der Waals surface area contributed by atoms with Crippen LogP contribution in [-0.4, -0.2) is 38.8 Å². The maximum atomic E-state index is 14.6. The molecule has 1 unspecified atom stereocenters. The fourth-order valence-corrected chi connectivity index (χ4v) is 4.28. The number of fused-ring (bicyclic) bond motifs is 1. The van der Waals surface area contributed by atoms with Gasteiger partial charge in [-0.25, -0.2) is 18.6 Å². The number of thioether (sulfide) groups is 1. The Bertz CT molecular complexity index is 1630. The summed E-state index contributed by atoms with van der Waals surface area (Å²) < 4.78 is 39.9. The normalized spacial score (nSPS) is 12.0. The molecule has 0 aliphatic rings. The Morgan fingerprint density at radius 3 is 2.30 bits per heavy atom. The molecule has 0 bridgehead atoms. The maximum Gasteiger partial charge on any atom is 0.336 e. The van der Waals surface area contributed by atoms with Crippen LogP contribution in [0.3, 0.4) is 0 Å². The third kappa shape index (κ3) is 5.65. The molecule has 0 spiro atoms. The number of benzene rings is 3. The van der Waals surface area contributed by atoms with Gasteiger partial charge < -0.3 is 14.3 Å². The predicted molar refractivity (Wildman–Crippen MR) is 135 cm³/mol. The fourth-order valence-electron chi connectivity index (χ4n) is 3.59. The molecule has 37 heavy (non-hydrogen) atoms. The summed E-state index contributed by atoms with van der Waals surface area (Å²) in [6.45, 7) is -0.0452. The molecule has 5 rings (SSSR count). The molecule has 0 aliphatic heterocycles.